The van der Waals surface area contributed by atoms with Crippen molar-refractivity contribution in [2.24, 2.45) is 11.8 Å². The summed E-state index contributed by atoms with van der Waals surface area (Å²) in [6, 6.07) is 5.04. The maximum Gasteiger partial charge on any atom is 0.167 e. The van der Waals surface area contributed by atoms with E-state index in [0.717, 1.165) is 44.4 Å². The quantitative estimate of drug-likeness (QED) is 0.667. The first kappa shape index (κ1) is 20.3. The molecule has 6 heteroatoms. The summed E-state index contributed by atoms with van der Waals surface area (Å²) in [6.07, 6.45) is 8.77. The van der Waals surface area contributed by atoms with Crippen LogP contribution >= 0.6 is 11.3 Å². The largest absolute Gasteiger partial charge is 0.203 e. The third-order valence-electron chi connectivity index (χ3n) is 6.86. The number of hydrogen-bond acceptors (Lipinski definition) is 1. The highest BCUT2D eigenvalue weighted by molar-refractivity contribution is 7.24. The minimum absolute atomic E-state index is 0.101. The van der Waals surface area contributed by atoms with Crippen LogP contribution in [0.1, 0.15) is 62.8 Å². The molecule has 2 aliphatic carbocycles. The standard InChI is InChI=1S/C22H23B3F2S/c23-15-7-5-13(6-8-15)12-1-3-14(4-2-12)16-9-10-17(21(27)20(16)26)19-11-18(24)22(25)28-19/h9-15H,1-8H2. The summed E-state index contributed by atoms with van der Waals surface area (Å²) in [5.74, 6) is 0.450. The molecular formula is C22H23B3F2S. The Bertz CT molecular complexity index is 815. The van der Waals surface area contributed by atoms with Crippen LogP contribution in [0, 0.1) is 23.5 Å². The Kier molecular flexibility index (Phi) is 6.06. The summed E-state index contributed by atoms with van der Waals surface area (Å²) >= 11 is 1.19. The molecule has 1 aromatic carbocycles. The molecule has 1 heterocycles. The fourth-order valence-electron chi connectivity index (χ4n) is 5.14. The average molecular weight is 390 g/mol. The molecule has 0 atom stereocenters. The van der Waals surface area contributed by atoms with Crippen molar-refractivity contribution in [1.82, 2.24) is 0 Å². The smallest absolute Gasteiger partial charge is 0.167 e. The second kappa shape index (κ2) is 8.38. The fourth-order valence-corrected chi connectivity index (χ4v) is 6.01. The van der Waals surface area contributed by atoms with Gasteiger partial charge < -0.3 is 0 Å². The zero-order chi connectivity index (χ0) is 19.8. The van der Waals surface area contributed by atoms with Crippen molar-refractivity contribution >= 4 is 45.1 Å². The van der Waals surface area contributed by atoms with Gasteiger partial charge in [-0.2, -0.15) is 11.3 Å². The van der Waals surface area contributed by atoms with E-state index in [2.05, 4.69) is 0 Å². The zero-order valence-electron chi connectivity index (χ0n) is 16.1. The Labute approximate surface area is 174 Å². The van der Waals surface area contributed by atoms with Gasteiger partial charge in [0.1, 0.15) is 15.7 Å². The zero-order valence-corrected chi connectivity index (χ0v) is 16.9. The molecule has 140 valence electrons. The third-order valence-corrected chi connectivity index (χ3v) is 7.88. The molecule has 0 saturated heterocycles. The van der Waals surface area contributed by atoms with Gasteiger partial charge in [-0.3, -0.25) is 0 Å². The van der Waals surface area contributed by atoms with Crippen molar-refractivity contribution in [2.75, 3.05) is 0 Å². The van der Waals surface area contributed by atoms with Gasteiger partial charge in [-0.25, -0.2) is 8.78 Å². The minimum atomic E-state index is -0.790. The van der Waals surface area contributed by atoms with Crippen LogP contribution in [0.4, 0.5) is 8.78 Å². The number of rotatable bonds is 3. The SMILES string of the molecule is [B]c1cc(-c2ccc(C3CCC(C4CCC([B])CC4)CC3)c(F)c2F)sc1[B]. The van der Waals surface area contributed by atoms with Crippen LogP contribution in [0.3, 0.4) is 0 Å². The molecule has 2 saturated carbocycles. The summed E-state index contributed by atoms with van der Waals surface area (Å²) in [6.45, 7) is 0. The second-order valence-electron chi connectivity index (χ2n) is 8.55. The highest BCUT2D eigenvalue weighted by Gasteiger charge is 2.32. The molecule has 28 heavy (non-hydrogen) atoms. The number of benzene rings is 1. The fraction of sp³-hybridized carbons (Fsp3) is 0.545. The van der Waals surface area contributed by atoms with Crippen molar-refractivity contribution in [2.45, 2.75) is 63.1 Å². The predicted molar refractivity (Wildman–Crippen MR) is 117 cm³/mol. The molecule has 0 nitrogen and oxygen atoms in total. The minimum Gasteiger partial charge on any atom is -0.203 e. The summed E-state index contributed by atoms with van der Waals surface area (Å²) in [5.41, 5.74) is 1.16. The topological polar surface area (TPSA) is 0 Å². The third kappa shape index (κ3) is 3.99. The van der Waals surface area contributed by atoms with E-state index < -0.39 is 11.6 Å². The predicted octanol–water partition coefficient (Wildman–Crippen LogP) is 4.70. The molecule has 2 fully saturated rings. The van der Waals surface area contributed by atoms with Gasteiger partial charge >= 0.3 is 0 Å². The van der Waals surface area contributed by atoms with Gasteiger partial charge in [0.05, 0.1) is 7.85 Å². The maximum absolute atomic E-state index is 14.9. The van der Waals surface area contributed by atoms with E-state index in [-0.39, 0.29) is 11.5 Å². The average Bonchev–Trinajstić information content (AvgIpc) is 3.03. The normalized spacial score (nSPS) is 28.4. The van der Waals surface area contributed by atoms with Crippen LogP contribution in [0.25, 0.3) is 10.4 Å². The first-order valence-electron chi connectivity index (χ1n) is 10.3. The van der Waals surface area contributed by atoms with E-state index in [1.54, 1.807) is 18.2 Å². The lowest BCUT2D eigenvalue weighted by molar-refractivity contribution is 0.185. The first-order chi connectivity index (χ1) is 13.4. The van der Waals surface area contributed by atoms with Gasteiger partial charge in [-0.15, -0.1) is 0 Å². The Morgan fingerprint density at radius 2 is 1.43 bits per heavy atom. The highest BCUT2D eigenvalue weighted by atomic mass is 32.1. The van der Waals surface area contributed by atoms with Crippen molar-refractivity contribution in [3.8, 4) is 10.4 Å². The van der Waals surface area contributed by atoms with E-state index in [1.807, 2.05) is 0 Å². The van der Waals surface area contributed by atoms with Gasteiger partial charge in [0.2, 0.25) is 0 Å². The van der Waals surface area contributed by atoms with Gasteiger partial charge in [0.15, 0.2) is 11.6 Å². The van der Waals surface area contributed by atoms with Gasteiger partial charge in [0.25, 0.3) is 0 Å². The lowest BCUT2D eigenvalue weighted by atomic mass is 9.65. The molecule has 0 N–H and O–H groups in total. The molecule has 0 aliphatic heterocycles. The Hall–Kier alpha value is -1.03. The molecule has 0 unspecified atom stereocenters. The van der Waals surface area contributed by atoms with Gasteiger partial charge in [-0.05, 0) is 49.0 Å². The first-order valence-corrected chi connectivity index (χ1v) is 11.1. The van der Waals surface area contributed by atoms with E-state index in [9.17, 15) is 8.78 Å². The number of halogens is 2. The lowest BCUT2D eigenvalue weighted by Gasteiger charge is -2.37. The number of hydrogen-bond donors (Lipinski definition) is 0. The molecular weight excluding hydrogens is 367 g/mol. The van der Waals surface area contributed by atoms with Crippen molar-refractivity contribution in [1.29, 1.82) is 0 Å². The molecule has 1 aromatic heterocycles. The summed E-state index contributed by atoms with van der Waals surface area (Å²) < 4.78 is 30.1. The van der Waals surface area contributed by atoms with Gasteiger partial charge in [0, 0.05) is 10.4 Å². The van der Waals surface area contributed by atoms with Crippen LogP contribution in [0.5, 0.6) is 0 Å². The van der Waals surface area contributed by atoms with E-state index in [4.69, 9.17) is 23.5 Å². The molecule has 2 aliphatic rings. The maximum atomic E-state index is 14.9. The number of thiophene rings is 1. The monoisotopic (exact) mass is 390 g/mol. The molecule has 0 bridgehead atoms. The lowest BCUT2D eigenvalue weighted by Crippen LogP contribution is -2.24. The van der Waals surface area contributed by atoms with Crippen LogP contribution in [-0.4, -0.2) is 23.5 Å². The summed E-state index contributed by atoms with van der Waals surface area (Å²) in [5, 5.41) is 0. The Morgan fingerprint density at radius 3 is 2.00 bits per heavy atom. The summed E-state index contributed by atoms with van der Waals surface area (Å²) in [7, 11) is 17.6. The van der Waals surface area contributed by atoms with Crippen molar-refractivity contribution in [3.63, 3.8) is 0 Å². The van der Waals surface area contributed by atoms with E-state index in [1.165, 1.54) is 24.2 Å². The Morgan fingerprint density at radius 1 is 0.821 bits per heavy atom. The van der Waals surface area contributed by atoms with Crippen LogP contribution in [0.2, 0.25) is 5.82 Å². The van der Waals surface area contributed by atoms with E-state index >= 15 is 0 Å². The van der Waals surface area contributed by atoms with E-state index in [0.29, 0.717) is 32.4 Å². The van der Waals surface area contributed by atoms with Gasteiger partial charge in [-0.1, -0.05) is 59.9 Å². The second-order valence-corrected chi connectivity index (χ2v) is 9.63. The van der Waals surface area contributed by atoms with Crippen LogP contribution in [0.15, 0.2) is 18.2 Å². The molecule has 4 rings (SSSR count). The molecule has 6 radical (unpaired) electrons. The molecule has 2 aromatic rings. The van der Waals surface area contributed by atoms with Crippen LogP contribution < -0.4 is 10.2 Å². The summed E-state index contributed by atoms with van der Waals surface area (Å²) in [4.78, 5) is 0.567. The Balaban J connectivity index is 1.46. The van der Waals surface area contributed by atoms with Crippen molar-refractivity contribution in [3.05, 3.63) is 35.4 Å². The van der Waals surface area contributed by atoms with Crippen molar-refractivity contribution < 1.29 is 8.78 Å². The highest BCUT2D eigenvalue weighted by Crippen LogP contribution is 2.45. The molecule has 0 amide bonds. The molecule has 0 spiro atoms. The van der Waals surface area contributed by atoms with Crippen LogP contribution in [-0.2, 0) is 0 Å².